The van der Waals surface area contributed by atoms with Crippen molar-refractivity contribution in [2.45, 2.75) is 33.2 Å². The quantitative estimate of drug-likeness (QED) is 0.691. The van der Waals surface area contributed by atoms with Gasteiger partial charge in [0, 0.05) is 18.3 Å². The van der Waals surface area contributed by atoms with E-state index in [9.17, 15) is 9.59 Å². The molecule has 2 amide bonds. The van der Waals surface area contributed by atoms with E-state index in [1.165, 1.54) is 0 Å². The van der Waals surface area contributed by atoms with E-state index in [1.54, 1.807) is 19.2 Å². The summed E-state index contributed by atoms with van der Waals surface area (Å²) in [7, 11) is 1.58. The van der Waals surface area contributed by atoms with Gasteiger partial charge < -0.3 is 10.6 Å². The molecule has 0 bridgehead atoms. The normalized spacial score (nSPS) is 12.2. The number of aryl methyl sites for hydroxylation is 1. The summed E-state index contributed by atoms with van der Waals surface area (Å²) < 4.78 is 2.06. The van der Waals surface area contributed by atoms with Crippen LogP contribution >= 0.6 is 0 Å². The Labute approximate surface area is 165 Å². The molecule has 0 radical (unpaired) electrons. The van der Waals surface area contributed by atoms with E-state index in [4.69, 9.17) is 0 Å². The number of amides is 2. The van der Waals surface area contributed by atoms with E-state index in [0.29, 0.717) is 12.0 Å². The van der Waals surface area contributed by atoms with E-state index < -0.39 is 6.04 Å². The van der Waals surface area contributed by atoms with Crippen LogP contribution in [0.5, 0.6) is 0 Å². The molecule has 0 aliphatic heterocycles. The third-order valence-electron chi connectivity index (χ3n) is 4.67. The summed E-state index contributed by atoms with van der Waals surface area (Å²) in [4.78, 5) is 29.4. The fourth-order valence-corrected chi connectivity index (χ4v) is 3.36. The molecular weight excluding hydrogens is 352 g/mol. The fourth-order valence-electron chi connectivity index (χ4n) is 3.36. The number of nitrogens with one attached hydrogen (secondary N) is 2. The second-order valence-corrected chi connectivity index (χ2v) is 7.30. The van der Waals surface area contributed by atoms with Crippen molar-refractivity contribution in [2.75, 3.05) is 7.05 Å². The number of hydrogen-bond donors (Lipinski definition) is 2. The van der Waals surface area contributed by atoms with Crippen LogP contribution in [0.1, 0.15) is 36.5 Å². The Morgan fingerprint density at radius 3 is 2.46 bits per heavy atom. The molecule has 6 heteroatoms. The first-order valence-corrected chi connectivity index (χ1v) is 9.47. The summed E-state index contributed by atoms with van der Waals surface area (Å²) in [6, 6.07) is 14.9. The first-order valence-electron chi connectivity index (χ1n) is 9.47. The average molecular weight is 378 g/mol. The van der Waals surface area contributed by atoms with Gasteiger partial charge in [0.1, 0.15) is 11.9 Å². The van der Waals surface area contributed by atoms with Gasteiger partial charge in [-0.05, 0) is 49.6 Å². The first kappa shape index (κ1) is 19.6. The largest absolute Gasteiger partial charge is 0.357 e. The number of benzene rings is 2. The number of rotatable bonds is 6. The first-order chi connectivity index (χ1) is 13.4. The van der Waals surface area contributed by atoms with Crippen LogP contribution in [0.2, 0.25) is 0 Å². The van der Waals surface area contributed by atoms with Gasteiger partial charge in [0.2, 0.25) is 5.91 Å². The summed E-state index contributed by atoms with van der Waals surface area (Å²) in [6.45, 7) is 5.98. The zero-order valence-electron chi connectivity index (χ0n) is 16.7. The number of imidazole rings is 1. The molecule has 0 aliphatic carbocycles. The Balaban J connectivity index is 1.90. The van der Waals surface area contributed by atoms with Gasteiger partial charge in [-0.25, -0.2) is 4.98 Å². The van der Waals surface area contributed by atoms with E-state index >= 15 is 0 Å². The molecule has 2 aromatic carbocycles. The van der Waals surface area contributed by atoms with Crippen LogP contribution in [0, 0.1) is 12.8 Å². The van der Waals surface area contributed by atoms with Crippen LogP contribution in [-0.2, 0) is 4.79 Å². The molecule has 0 spiro atoms. The van der Waals surface area contributed by atoms with Gasteiger partial charge in [0.05, 0.1) is 11.0 Å². The number of para-hydroxylation sites is 1. The Hall–Kier alpha value is -3.15. The smallest absolute Gasteiger partial charge is 0.252 e. The van der Waals surface area contributed by atoms with E-state index in [-0.39, 0.29) is 17.7 Å². The lowest BCUT2D eigenvalue weighted by Crippen LogP contribution is -2.46. The van der Waals surface area contributed by atoms with Gasteiger partial charge in [-0.15, -0.1) is 0 Å². The Kier molecular flexibility index (Phi) is 5.78. The standard InChI is InChI=1S/C22H26N4O2/c1-14(2)12-19(22(28)23-4)25-21(27)16-10-11-20-18(13-16)24-15(3)26(20)17-8-6-5-7-9-17/h5-11,13-14,19H,12H2,1-4H3,(H,23,28)(H,25,27). The van der Waals surface area contributed by atoms with Crippen LogP contribution in [0.4, 0.5) is 0 Å². The van der Waals surface area contributed by atoms with Crippen molar-refractivity contribution in [2.24, 2.45) is 5.92 Å². The molecule has 1 aromatic heterocycles. The number of carbonyl (C=O) groups is 2. The number of hydrogen-bond acceptors (Lipinski definition) is 3. The summed E-state index contributed by atoms with van der Waals surface area (Å²) in [5.74, 6) is 0.673. The number of fused-ring (bicyclic) bond motifs is 1. The molecule has 0 fully saturated rings. The van der Waals surface area contributed by atoms with Crippen LogP contribution in [0.3, 0.4) is 0 Å². The highest BCUT2D eigenvalue weighted by Crippen LogP contribution is 2.22. The zero-order valence-corrected chi connectivity index (χ0v) is 16.7. The SMILES string of the molecule is CNC(=O)C(CC(C)C)NC(=O)c1ccc2c(c1)nc(C)n2-c1ccccc1. The predicted octanol–water partition coefficient (Wildman–Crippen LogP) is 3.22. The third-order valence-corrected chi connectivity index (χ3v) is 4.67. The maximum Gasteiger partial charge on any atom is 0.252 e. The molecular formula is C22H26N4O2. The van der Waals surface area contributed by atoms with Crippen molar-refractivity contribution in [1.29, 1.82) is 0 Å². The Morgan fingerprint density at radius 1 is 1.11 bits per heavy atom. The molecule has 1 unspecified atom stereocenters. The molecule has 0 saturated carbocycles. The van der Waals surface area contributed by atoms with Gasteiger partial charge in [-0.2, -0.15) is 0 Å². The Morgan fingerprint density at radius 2 is 1.82 bits per heavy atom. The molecule has 28 heavy (non-hydrogen) atoms. The van der Waals surface area contributed by atoms with Crippen molar-refractivity contribution < 1.29 is 9.59 Å². The average Bonchev–Trinajstić information content (AvgIpc) is 3.01. The van der Waals surface area contributed by atoms with E-state index in [0.717, 1.165) is 22.5 Å². The topological polar surface area (TPSA) is 76.0 Å². The molecule has 1 heterocycles. The van der Waals surface area contributed by atoms with Gasteiger partial charge in [-0.1, -0.05) is 32.0 Å². The zero-order chi connectivity index (χ0) is 20.3. The predicted molar refractivity (Wildman–Crippen MR) is 111 cm³/mol. The van der Waals surface area contributed by atoms with E-state index in [2.05, 4.69) is 20.2 Å². The maximum absolute atomic E-state index is 12.7. The van der Waals surface area contributed by atoms with Gasteiger partial charge >= 0.3 is 0 Å². The number of aromatic nitrogens is 2. The lowest BCUT2D eigenvalue weighted by Gasteiger charge is -2.19. The minimum absolute atomic E-state index is 0.188. The summed E-state index contributed by atoms with van der Waals surface area (Å²) in [5, 5.41) is 5.46. The highest BCUT2D eigenvalue weighted by atomic mass is 16.2. The van der Waals surface area contributed by atoms with Crippen LogP contribution in [-0.4, -0.2) is 34.5 Å². The number of likely N-dealkylation sites (N-methyl/N-ethyl adjacent to an activating group) is 1. The summed E-state index contributed by atoms with van der Waals surface area (Å²) in [6.07, 6.45) is 0.579. The van der Waals surface area contributed by atoms with Crippen LogP contribution in [0.25, 0.3) is 16.7 Å². The van der Waals surface area contributed by atoms with Gasteiger partial charge in [0.25, 0.3) is 5.91 Å². The highest BCUT2D eigenvalue weighted by Gasteiger charge is 2.22. The molecule has 6 nitrogen and oxygen atoms in total. The van der Waals surface area contributed by atoms with Crippen LogP contribution < -0.4 is 10.6 Å². The van der Waals surface area contributed by atoms with Gasteiger partial charge in [-0.3, -0.25) is 14.2 Å². The molecule has 3 aromatic rings. The summed E-state index contributed by atoms with van der Waals surface area (Å²) in [5.41, 5.74) is 3.19. The molecule has 1 atom stereocenters. The van der Waals surface area contributed by atoms with Crippen molar-refractivity contribution in [3.8, 4) is 5.69 Å². The maximum atomic E-state index is 12.7. The lowest BCUT2D eigenvalue weighted by atomic mass is 10.0. The second-order valence-electron chi connectivity index (χ2n) is 7.30. The molecule has 0 saturated heterocycles. The van der Waals surface area contributed by atoms with Crippen molar-refractivity contribution >= 4 is 22.8 Å². The molecule has 2 N–H and O–H groups in total. The number of carbonyl (C=O) groups excluding carboxylic acids is 2. The van der Waals surface area contributed by atoms with Gasteiger partial charge in [0.15, 0.2) is 0 Å². The van der Waals surface area contributed by atoms with Crippen molar-refractivity contribution in [3.63, 3.8) is 0 Å². The van der Waals surface area contributed by atoms with Crippen molar-refractivity contribution in [3.05, 3.63) is 59.9 Å². The number of nitrogens with zero attached hydrogens (tertiary/aromatic N) is 2. The van der Waals surface area contributed by atoms with E-state index in [1.807, 2.05) is 57.2 Å². The minimum Gasteiger partial charge on any atom is -0.357 e. The second kappa shape index (κ2) is 8.25. The minimum atomic E-state index is -0.559. The Bertz CT molecular complexity index is 992. The van der Waals surface area contributed by atoms with Crippen LogP contribution in [0.15, 0.2) is 48.5 Å². The lowest BCUT2D eigenvalue weighted by molar-refractivity contribution is -0.122. The highest BCUT2D eigenvalue weighted by molar-refractivity contribution is 6.00. The molecule has 146 valence electrons. The summed E-state index contributed by atoms with van der Waals surface area (Å²) >= 11 is 0. The molecule has 3 rings (SSSR count). The molecule has 0 aliphatic rings. The monoisotopic (exact) mass is 378 g/mol. The third kappa shape index (κ3) is 4.06. The fraction of sp³-hybridized carbons (Fsp3) is 0.318. The van der Waals surface area contributed by atoms with Crippen molar-refractivity contribution in [1.82, 2.24) is 20.2 Å².